The van der Waals surface area contributed by atoms with E-state index in [0.29, 0.717) is 12.6 Å². The molecule has 2 N–H and O–H groups in total. The van der Waals surface area contributed by atoms with Gasteiger partial charge in [-0.3, -0.25) is 0 Å². The molecule has 1 aliphatic heterocycles. The maximum absolute atomic E-state index is 10.1. The van der Waals surface area contributed by atoms with Crippen LogP contribution in [-0.4, -0.2) is 34.7 Å². The van der Waals surface area contributed by atoms with Gasteiger partial charge < -0.3 is 15.3 Å². The molecule has 0 amide bonds. The molecular weight excluding hydrogens is 368 g/mol. The summed E-state index contributed by atoms with van der Waals surface area (Å²) in [7, 11) is 0. The first-order chi connectivity index (χ1) is 13.1. The smallest absolute Gasteiger partial charge is 0.0715 e. The highest BCUT2D eigenvalue weighted by Crippen LogP contribution is 2.49. The highest BCUT2D eigenvalue weighted by Gasteiger charge is 2.41. The van der Waals surface area contributed by atoms with Gasteiger partial charge >= 0.3 is 0 Å². The van der Waals surface area contributed by atoms with Crippen molar-refractivity contribution in [3.05, 3.63) is 59.8 Å². The van der Waals surface area contributed by atoms with Crippen molar-refractivity contribution in [2.45, 2.75) is 71.1 Å². The molecule has 28 heavy (non-hydrogen) atoms. The molecule has 156 valence electrons. The van der Waals surface area contributed by atoms with E-state index in [9.17, 15) is 5.11 Å². The van der Waals surface area contributed by atoms with Crippen molar-refractivity contribution in [2.24, 2.45) is 5.41 Å². The number of hydrogen-bond acceptors (Lipinski definition) is 3. The number of aliphatic hydroxyl groups is 1. The van der Waals surface area contributed by atoms with Crippen LogP contribution in [0.15, 0.2) is 49.2 Å². The Bertz CT molecular complexity index is 664. The lowest BCUT2D eigenvalue weighted by molar-refractivity contribution is 0.0593. The molecule has 1 aliphatic rings. The van der Waals surface area contributed by atoms with E-state index < -0.39 is 5.60 Å². The standard InChI is InChI=1S/C24H37ClN2O/c1-7-14-24(6)15-13-22(19-9-11-20(25)12-10-19)27(18(24)3)21(8-2)16-26-17-23(4,5)28/h7,9-12,21-22,26,28H,1,3,8,13-17H2,2,4-6H3/t21?,22?,24-/m0/s1. The fourth-order valence-electron chi connectivity index (χ4n) is 4.25. The van der Waals surface area contributed by atoms with E-state index >= 15 is 0 Å². The van der Waals surface area contributed by atoms with Gasteiger partial charge in [-0.2, -0.15) is 0 Å². The molecule has 0 saturated carbocycles. The van der Waals surface area contributed by atoms with Crippen molar-refractivity contribution in [3.63, 3.8) is 0 Å². The van der Waals surface area contributed by atoms with Crippen LogP contribution in [0, 0.1) is 5.41 Å². The van der Waals surface area contributed by atoms with E-state index in [1.165, 1.54) is 11.3 Å². The third-order valence-electron chi connectivity index (χ3n) is 5.97. The zero-order valence-corrected chi connectivity index (χ0v) is 18.7. The van der Waals surface area contributed by atoms with Crippen molar-refractivity contribution in [1.29, 1.82) is 0 Å². The Morgan fingerprint density at radius 2 is 2.04 bits per heavy atom. The van der Waals surface area contributed by atoms with E-state index in [-0.39, 0.29) is 11.5 Å². The van der Waals surface area contributed by atoms with E-state index in [0.717, 1.165) is 37.3 Å². The third-order valence-corrected chi connectivity index (χ3v) is 6.22. The van der Waals surface area contributed by atoms with Gasteiger partial charge in [-0.1, -0.05) is 50.2 Å². The molecular formula is C24H37ClN2O. The van der Waals surface area contributed by atoms with Gasteiger partial charge in [-0.25, -0.2) is 0 Å². The first-order valence-corrected chi connectivity index (χ1v) is 10.8. The topological polar surface area (TPSA) is 35.5 Å². The van der Waals surface area contributed by atoms with Gasteiger partial charge in [-0.05, 0) is 57.2 Å². The Morgan fingerprint density at radius 1 is 1.39 bits per heavy atom. The molecule has 4 heteroatoms. The molecule has 1 aromatic carbocycles. The molecule has 3 atom stereocenters. The normalized spacial score (nSPS) is 24.3. The van der Waals surface area contributed by atoms with Gasteiger partial charge in [0.1, 0.15) is 0 Å². The Hall–Kier alpha value is -1.29. The number of halogens is 1. The average Bonchev–Trinajstić information content (AvgIpc) is 2.62. The second kappa shape index (κ2) is 9.47. The number of hydrogen-bond donors (Lipinski definition) is 2. The first kappa shape index (κ1) is 23.0. The number of benzene rings is 1. The highest BCUT2D eigenvalue weighted by molar-refractivity contribution is 6.30. The third kappa shape index (κ3) is 5.62. The van der Waals surface area contributed by atoms with Crippen LogP contribution in [-0.2, 0) is 0 Å². The number of nitrogens with one attached hydrogen (secondary N) is 1. The second-order valence-electron chi connectivity index (χ2n) is 9.02. The van der Waals surface area contributed by atoms with Crippen LogP contribution in [0.1, 0.15) is 65.0 Å². The van der Waals surface area contributed by atoms with E-state index in [2.05, 4.69) is 49.4 Å². The van der Waals surface area contributed by atoms with Crippen LogP contribution in [0.3, 0.4) is 0 Å². The fourth-order valence-corrected chi connectivity index (χ4v) is 4.37. The summed E-state index contributed by atoms with van der Waals surface area (Å²) >= 11 is 6.13. The lowest BCUT2D eigenvalue weighted by Gasteiger charge is -2.52. The highest BCUT2D eigenvalue weighted by atomic mass is 35.5. The Labute approximate surface area is 176 Å². The molecule has 0 spiro atoms. The van der Waals surface area contributed by atoms with Crippen molar-refractivity contribution in [1.82, 2.24) is 10.2 Å². The predicted octanol–water partition coefficient (Wildman–Crippen LogP) is 5.71. The summed E-state index contributed by atoms with van der Waals surface area (Å²) < 4.78 is 0. The van der Waals surface area contributed by atoms with Crippen molar-refractivity contribution < 1.29 is 5.11 Å². The molecule has 0 aromatic heterocycles. The lowest BCUT2D eigenvalue weighted by Crippen LogP contribution is -2.50. The Kier molecular flexibility index (Phi) is 7.78. The van der Waals surface area contributed by atoms with Gasteiger partial charge in [0.15, 0.2) is 0 Å². The zero-order chi connectivity index (χ0) is 20.9. The van der Waals surface area contributed by atoms with Crippen LogP contribution in [0.5, 0.6) is 0 Å². The molecule has 0 aliphatic carbocycles. The number of nitrogens with zero attached hydrogens (tertiary/aromatic N) is 1. The summed E-state index contributed by atoms with van der Waals surface area (Å²) in [6.07, 6.45) is 6.12. The molecule has 2 rings (SSSR count). The summed E-state index contributed by atoms with van der Waals surface area (Å²) in [5.41, 5.74) is 1.79. The molecule has 2 unspecified atom stereocenters. The molecule has 0 radical (unpaired) electrons. The summed E-state index contributed by atoms with van der Waals surface area (Å²) in [5, 5.41) is 14.3. The maximum atomic E-state index is 10.1. The zero-order valence-electron chi connectivity index (χ0n) is 18.0. The fraction of sp³-hybridized carbons (Fsp3) is 0.583. The van der Waals surface area contributed by atoms with Crippen molar-refractivity contribution in [2.75, 3.05) is 13.1 Å². The van der Waals surface area contributed by atoms with Gasteiger partial charge in [0, 0.05) is 35.3 Å². The molecule has 1 saturated heterocycles. The van der Waals surface area contributed by atoms with Gasteiger partial charge in [0.2, 0.25) is 0 Å². The predicted molar refractivity (Wildman–Crippen MR) is 121 cm³/mol. The van der Waals surface area contributed by atoms with Crippen LogP contribution in [0.25, 0.3) is 0 Å². The minimum atomic E-state index is -0.718. The monoisotopic (exact) mass is 404 g/mol. The Balaban J connectivity index is 2.31. The van der Waals surface area contributed by atoms with Crippen LogP contribution >= 0.6 is 11.6 Å². The van der Waals surface area contributed by atoms with Crippen LogP contribution in [0.2, 0.25) is 5.02 Å². The van der Waals surface area contributed by atoms with Crippen LogP contribution in [0.4, 0.5) is 0 Å². The minimum absolute atomic E-state index is 0.0361. The summed E-state index contributed by atoms with van der Waals surface area (Å²) in [5.74, 6) is 0. The summed E-state index contributed by atoms with van der Waals surface area (Å²) in [4.78, 5) is 2.52. The summed E-state index contributed by atoms with van der Waals surface area (Å²) in [6.45, 7) is 18.1. The van der Waals surface area contributed by atoms with E-state index in [1.807, 2.05) is 32.1 Å². The number of likely N-dealkylation sites (tertiary alicyclic amines) is 1. The van der Waals surface area contributed by atoms with Crippen molar-refractivity contribution >= 4 is 11.6 Å². The van der Waals surface area contributed by atoms with E-state index in [1.54, 1.807) is 0 Å². The Morgan fingerprint density at radius 3 is 2.57 bits per heavy atom. The van der Waals surface area contributed by atoms with Gasteiger partial charge in [0.25, 0.3) is 0 Å². The van der Waals surface area contributed by atoms with E-state index in [4.69, 9.17) is 11.6 Å². The van der Waals surface area contributed by atoms with Crippen molar-refractivity contribution in [3.8, 4) is 0 Å². The molecule has 0 bridgehead atoms. The number of piperidine rings is 1. The number of rotatable bonds is 9. The van der Waals surface area contributed by atoms with Gasteiger partial charge in [0.05, 0.1) is 11.6 Å². The maximum Gasteiger partial charge on any atom is 0.0715 e. The average molecular weight is 405 g/mol. The quantitative estimate of drug-likeness (QED) is 0.517. The molecule has 1 fully saturated rings. The lowest BCUT2D eigenvalue weighted by atomic mass is 9.72. The SMILES string of the molecule is C=CC[C@@]1(C)CCC(c2ccc(Cl)cc2)N(C(CC)CNCC(C)(C)O)C1=C. The van der Waals surface area contributed by atoms with Gasteiger partial charge in [-0.15, -0.1) is 6.58 Å². The number of allylic oxidation sites excluding steroid dienone is 2. The molecule has 3 nitrogen and oxygen atoms in total. The molecule has 1 aromatic rings. The minimum Gasteiger partial charge on any atom is -0.389 e. The second-order valence-corrected chi connectivity index (χ2v) is 9.46. The largest absolute Gasteiger partial charge is 0.389 e. The summed E-state index contributed by atoms with van der Waals surface area (Å²) in [6, 6.07) is 8.82. The molecule has 1 heterocycles. The van der Waals surface area contributed by atoms with Crippen LogP contribution < -0.4 is 5.32 Å². The first-order valence-electron chi connectivity index (χ1n) is 10.4.